The first kappa shape index (κ1) is 18.6. The molecule has 28 heavy (non-hydrogen) atoms. The van der Waals surface area contributed by atoms with Crippen molar-refractivity contribution in [3.63, 3.8) is 0 Å². The molecule has 3 heterocycles. The molecule has 2 aromatic rings. The second-order valence-electron chi connectivity index (χ2n) is 7.60. The number of aryl methyl sites for hydroxylation is 1. The average Bonchev–Trinajstić information content (AvgIpc) is 3.35. The Labute approximate surface area is 163 Å². The smallest absolute Gasteiger partial charge is 0.325 e. The quantitative estimate of drug-likeness (QED) is 0.730. The highest BCUT2D eigenvalue weighted by atomic mass is 16.5. The van der Waals surface area contributed by atoms with Gasteiger partial charge in [0, 0.05) is 26.1 Å². The Morgan fingerprint density at radius 1 is 1.25 bits per heavy atom. The summed E-state index contributed by atoms with van der Waals surface area (Å²) in [6.07, 6.45) is 6.37. The van der Waals surface area contributed by atoms with Crippen LogP contribution in [0.5, 0.6) is 0 Å². The van der Waals surface area contributed by atoms with Gasteiger partial charge in [-0.25, -0.2) is 9.97 Å². The van der Waals surface area contributed by atoms with Gasteiger partial charge in [-0.3, -0.25) is 14.3 Å². The molecule has 9 nitrogen and oxygen atoms in total. The Hall–Kier alpha value is -2.71. The van der Waals surface area contributed by atoms with Gasteiger partial charge in [0.05, 0.1) is 18.7 Å². The topological polar surface area (TPSA) is 93.4 Å². The number of fused-ring (bicyclic) bond motifs is 1. The minimum Gasteiger partial charge on any atom is -0.468 e. The van der Waals surface area contributed by atoms with Crippen molar-refractivity contribution in [1.29, 1.82) is 0 Å². The lowest BCUT2D eigenvalue weighted by Crippen LogP contribution is -2.57. The maximum absolute atomic E-state index is 12.9. The monoisotopic (exact) mass is 386 g/mol. The van der Waals surface area contributed by atoms with Crippen LogP contribution in [0.1, 0.15) is 44.3 Å². The van der Waals surface area contributed by atoms with Gasteiger partial charge in [0.1, 0.15) is 24.2 Å². The van der Waals surface area contributed by atoms with Gasteiger partial charge in [-0.05, 0) is 19.8 Å². The lowest BCUT2D eigenvalue weighted by atomic mass is 10.1. The van der Waals surface area contributed by atoms with Crippen molar-refractivity contribution in [1.82, 2.24) is 24.6 Å². The van der Waals surface area contributed by atoms with Crippen molar-refractivity contribution in [2.75, 3.05) is 31.6 Å². The van der Waals surface area contributed by atoms with Gasteiger partial charge >= 0.3 is 5.97 Å². The molecule has 0 radical (unpaired) electrons. The second-order valence-corrected chi connectivity index (χ2v) is 7.60. The van der Waals surface area contributed by atoms with Gasteiger partial charge in [-0.2, -0.15) is 5.10 Å². The van der Waals surface area contributed by atoms with E-state index in [-0.39, 0.29) is 12.5 Å². The first-order valence-corrected chi connectivity index (χ1v) is 9.81. The molecule has 2 fully saturated rings. The van der Waals surface area contributed by atoms with E-state index in [4.69, 9.17) is 14.7 Å². The number of ether oxygens (including phenoxy) is 1. The molecule has 9 heteroatoms. The normalized spacial score (nSPS) is 21.0. The minimum absolute atomic E-state index is 0.0209. The van der Waals surface area contributed by atoms with Gasteiger partial charge in [-0.15, -0.1) is 0 Å². The van der Waals surface area contributed by atoms with Crippen LogP contribution < -0.4 is 4.90 Å². The molecular weight excluding hydrogens is 360 g/mol. The molecule has 150 valence electrons. The number of amides is 1. The van der Waals surface area contributed by atoms with E-state index in [9.17, 15) is 9.59 Å². The molecule has 0 aromatic carbocycles. The highest BCUT2D eigenvalue weighted by Crippen LogP contribution is 2.35. The zero-order chi connectivity index (χ0) is 19.8. The third kappa shape index (κ3) is 3.18. The highest BCUT2D eigenvalue weighted by Gasteiger charge is 2.35. The summed E-state index contributed by atoms with van der Waals surface area (Å²) in [6.45, 7) is 2.87. The third-order valence-electron chi connectivity index (χ3n) is 5.88. The molecule has 4 rings (SSSR count). The predicted molar refractivity (Wildman–Crippen MR) is 103 cm³/mol. The Bertz CT molecular complexity index is 904. The Morgan fingerprint density at radius 3 is 2.71 bits per heavy atom. The molecule has 1 amide bonds. The lowest BCUT2D eigenvalue weighted by Gasteiger charge is -2.39. The summed E-state index contributed by atoms with van der Waals surface area (Å²) in [5, 5.41) is 5.21. The number of hydrogen-bond donors (Lipinski definition) is 0. The van der Waals surface area contributed by atoms with Crippen LogP contribution in [0.15, 0.2) is 6.20 Å². The number of anilines is 1. The summed E-state index contributed by atoms with van der Waals surface area (Å²) in [4.78, 5) is 37.7. The molecule has 2 aliphatic rings. The van der Waals surface area contributed by atoms with E-state index in [0.29, 0.717) is 19.0 Å². The van der Waals surface area contributed by atoms with E-state index >= 15 is 0 Å². The molecule has 2 aromatic heterocycles. The Morgan fingerprint density at radius 2 is 2.00 bits per heavy atom. The number of aromatic nitrogens is 4. The fourth-order valence-corrected chi connectivity index (χ4v) is 4.21. The summed E-state index contributed by atoms with van der Waals surface area (Å²) in [5.74, 6) is 1.47. The van der Waals surface area contributed by atoms with Crippen molar-refractivity contribution < 1.29 is 14.3 Å². The van der Waals surface area contributed by atoms with Gasteiger partial charge in [0.2, 0.25) is 5.91 Å². The number of rotatable bonds is 4. The molecule has 0 N–H and O–H groups in total. The molecule has 1 aliphatic carbocycles. The zero-order valence-corrected chi connectivity index (χ0v) is 16.6. The van der Waals surface area contributed by atoms with E-state index in [0.717, 1.165) is 35.5 Å². The van der Waals surface area contributed by atoms with E-state index in [1.165, 1.54) is 20.0 Å². The Balaban J connectivity index is 1.68. The molecule has 1 saturated carbocycles. The van der Waals surface area contributed by atoms with Crippen LogP contribution in [0.3, 0.4) is 0 Å². The van der Waals surface area contributed by atoms with Crippen LogP contribution in [0, 0.1) is 0 Å². The number of piperazine rings is 1. The molecular formula is C19H26N6O3. The number of hydrogen-bond acceptors (Lipinski definition) is 7. The lowest BCUT2D eigenvalue weighted by molar-refractivity contribution is -0.148. The molecule has 1 aliphatic heterocycles. The number of carbonyl (C=O) groups excluding carboxylic acids is 2. The fraction of sp³-hybridized carbons (Fsp3) is 0.632. The van der Waals surface area contributed by atoms with E-state index in [2.05, 4.69) is 5.10 Å². The summed E-state index contributed by atoms with van der Waals surface area (Å²) in [5.41, 5.74) is 0.795. The van der Waals surface area contributed by atoms with Crippen molar-refractivity contribution in [3.8, 4) is 0 Å². The first-order valence-electron chi connectivity index (χ1n) is 9.81. The largest absolute Gasteiger partial charge is 0.468 e. The predicted octanol–water partition coefficient (Wildman–Crippen LogP) is 1.23. The average molecular weight is 386 g/mol. The van der Waals surface area contributed by atoms with Crippen molar-refractivity contribution in [3.05, 3.63) is 12.0 Å². The van der Waals surface area contributed by atoms with Crippen LogP contribution in [-0.4, -0.2) is 69.3 Å². The van der Waals surface area contributed by atoms with E-state index < -0.39 is 12.0 Å². The van der Waals surface area contributed by atoms with Gasteiger partial charge in [-0.1, -0.05) is 12.8 Å². The number of methoxy groups -OCH3 is 1. The van der Waals surface area contributed by atoms with Crippen LogP contribution in [0.2, 0.25) is 0 Å². The summed E-state index contributed by atoms with van der Waals surface area (Å²) in [7, 11) is 3.21. The summed E-state index contributed by atoms with van der Waals surface area (Å²) >= 11 is 0. The van der Waals surface area contributed by atoms with Gasteiger partial charge in [0.25, 0.3) is 0 Å². The van der Waals surface area contributed by atoms with Gasteiger partial charge in [0.15, 0.2) is 5.65 Å². The van der Waals surface area contributed by atoms with E-state index in [1.54, 1.807) is 15.8 Å². The van der Waals surface area contributed by atoms with Gasteiger partial charge < -0.3 is 14.5 Å². The molecule has 0 spiro atoms. The number of esters is 1. The molecule has 0 unspecified atom stereocenters. The minimum atomic E-state index is -0.423. The standard InChI is InChI=1S/C19H26N6O3/c1-12-19(27)24(11-15(26)28-3)8-9-25(12)18-14-10-20-23(2)17(14)21-16(22-18)13-6-4-5-7-13/h10,12-13H,4-9,11H2,1-3H3/t12-/m0/s1. The number of nitrogens with zero attached hydrogens (tertiary/aromatic N) is 6. The fourth-order valence-electron chi connectivity index (χ4n) is 4.21. The van der Waals surface area contributed by atoms with Crippen molar-refractivity contribution >= 4 is 28.7 Å². The Kier molecular flexibility index (Phi) is 4.91. The molecule has 0 bridgehead atoms. The third-order valence-corrected chi connectivity index (χ3v) is 5.88. The van der Waals surface area contributed by atoms with Crippen LogP contribution >= 0.6 is 0 Å². The van der Waals surface area contributed by atoms with Crippen LogP contribution in [0.25, 0.3) is 11.0 Å². The van der Waals surface area contributed by atoms with Crippen molar-refractivity contribution in [2.45, 2.75) is 44.6 Å². The molecule has 1 saturated heterocycles. The number of carbonyl (C=O) groups is 2. The first-order chi connectivity index (χ1) is 13.5. The highest BCUT2D eigenvalue weighted by molar-refractivity contribution is 5.93. The zero-order valence-electron chi connectivity index (χ0n) is 16.6. The van der Waals surface area contributed by atoms with Crippen LogP contribution in [0.4, 0.5) is 5.82 Å². The second kappa shape index (κ2) is 7.37. The molecule has 1 atom stereocenters. The SMILES string of the molecule is COC(=O)CN1CCN(c2nc(C3CCCC3)nc3c2cnn3C)[C@@H](C)C1=O. The maximum atomic E-state index is 12.9. The summed E-state index contributed by atoms with van der Waals surface area (Å²) in [6, 6.07) is -0.423. The maximum Gasteiger partial charge on any atom is 0.325 e. The van der Waals surface area contributed by atoms with Crippen LogP contribution in [-0.2, 0) is 21.4 Å². The summed E-state index contributed by atoms with van der Waals surface area (Å²) < 4.78 is 6.47. The van der Waals surface area contributed by atoms with Crippen molar-refractivity contribution in [2.24, 2.45) is 7.05 Å². The van der Waals surface area contributed by atoms with E-state index in [1.807, 2.05) is 18.9 Å².